The molecule has 2 aromatic rings. The van der Waals surface area contributed by atoms with E-state index in [1.54, 1.807) is 0 Å². The Morgan fingerprint density at radius 3 is 2.61 bits per heavy atom. The first-order chi connectivity index (χ1) is 13.6. The van der Waals surface area contributed by atoms with Crippen LogP contribution in [-0.4, -0.2) is 62.2 Å². The normalized spacial score (nSPS) is 19.0. The van der Waals surface area contributed by atoms with Gasteiger partial charge in [-0.25, -0.2) is 4.98 Å². The number of fused-ring (bicyclic) bond motifs is 1. The Hall–Kier alpha value is -2.34. The molecule has 2 fully saturated rings. The maximum absolute atomic E-state index is 4.75. The number of benzene rings is 1. The van der Waals surface area contributed by atoms with Crippen LogP contribution in [0.25, 0.3) is 10.9 Å². The largest absolute Gasteiger partial charge is 0.363 e. The number of hydrogen-bond acceptors (Lipinski definition) is 4. The topological polar surface area (TPSA) is 55.8 Å². The number of aliphatic imine (C=N–C) groups is 1. The predicted octanol–water partition coefficient (Wildman–Crippen LogP) is 2.59. The number of hydrogen-bond donors (Lipinski definition) is 2. The minimum atomic E-state index is 0.507. The van der Waals surface area contributed by atoms with Crippen molar-refractivity contribution < 1.29 is 0 Å². The van der Waals surface area contributed by atoms with Gasteiger partial charge in [0.1, 0.15) is 5.82 Å². The second-order valence-electron chi connectivity index (χ2n) is 8.16. The molecule has 0 radical (unpaired) electrons. The second-order valence-corrected chi connectivity index (χ2v) is 8.16. The standard InChI is InChI=1S/C22H32N6/c1-23-22(25-17-10-12-28(13-11-17)18-8-9-18)24-15-16-14-21(27(2)3)26-20-7-5-4-6-19(16)20/h4-7,14,17-18H,8-13,15H2,1-3H3,(H2,23,24,25). The quantitative estimate of drug-likeness (QED) is 0.617. The van der Waals surface area contributed by atoms with Crippen LogP contribution in [0.15, 0.2) is 35.3 Å². The summed E-state index contributed by atoms with van der Waals surface area (Å²) in [4.78, 5) is 13.9. The van der Waals surface area contributed by atoms with Gasteiger partial charge >= 0.3 is 0 Å². The number of para-hydroxylation sites is 1. The van der Waals surface area contributed by atoms with Crippen molar-refractivity contribution >= 4 is 22.7 Å². The van der Waals surface area contributed by atoms with Crippen LogP contribution in [0.4, 0.5) is 5.82 Å². The van der Waals surface area contributed by atoms with E-state index in [1.807, 2.05) is 27.2 Å². The van der Waals surface area contributed by atoms with E-state index >= 15 is 0 Å². The molecule has 0 atom stereocenters. The van der Waals surface area contributed by atoms with Gasteiger partial charge in [-0.1, -0.05) is 18.2 Å². The molecule has 2 aliphatic rings. The van der Waals surface area contributed by atoms with Crippen LogP contribution in [-0.2, 0) is 6.54 Å². The molecule has 2 heterocycles. The molecule has 2 N–H and O–H groups in total. The number of nitrogens with zero attached hydrogens (tertiary/aromatic N) is 4. The van der Waals surface area contributed by atoms with Crippen molar-refractivity contribution in [3.8, 4) is 0 Å². The van der Waals surface area contributed by atoms with Crippen LogP contribution in [0.2, 0.25) is 0 Å². The molecule has 1 saturated heterocycles. The van der Waals surface area contributed by atoms with Gasteiger partial charge in [0.2, 0.25) is 0 Å². The first kappa shape index (κ1) is 19.0. The first-order valence-electron chi connectivity index (χ1n) is 10.4. The van der Waals surface area contributed by atoms with E-state index in [4.69, 9.17) is 4.98 Å². The zero-order chi connectivity index (χ0) is 19.5. The Morgan fingerprint density at radius 1 is 1.18 bits per heavy atom. The number of pyridine rings is 1. The third kappa shape index (κ3) is 4.38. The van der Waals surface area contributed by atoms with E-state index in [0.717, 1.165) is 29.9 Å². The molecule has 0 unspecified atom stereocenters. The fraction of sp³-hybridized carbons (Fsp3) is 0.545. The van der Waals surface area contributed by atoms with Crippen molar-refractivity contribution in [3.05, 3.63) is 35.9 Å². The van der Waals surface area contributed by atoms with Gasteiger partial charge in [-0.15, -0.1) is 0 Å². The molecule has 0 spiro atoms. The smallest absolute Gasteiger partial charge is 0.191 e. The summed E-state index contributed by atoms with van der Waals surface area (Å²) >= 11 is 0. The molecular weight excluding hydrogens is 348 g/mol. The van der Waals surface area contributed by atoms with Crippen LogP contribution >= 0.6 is 0 Å². The van der Waals surface area contributed by atoms with E-state index in [-0.39, 0.29) is 0 Å². The summed E-state index contributed by atoms with van der Waals surface area (Å²) in [5, 5.41) is 8.33. The molecule has 6 heteroatoms. The number of nitrogens with one attached hydrogen (secondary N) is 2. The Morgan fingerprint density at radius 2 is 1.93 bits per heavy atom. The summed E-state index contributed by atoms with van der Waals surface area (Å²) in [5.41, 5.74) is 2.27. The van der Waals surface area contributed by atoms with Crippen LogP contribution < -0.4 is 15.5 Å². The molecule has 1 aromatic heterocycles. The molecule has 0 bridgehead atoms. The average Bonchev–Trinajstić information content (AvgIpc) is 3.56. The number of guanidine groups is 1. The van der Waals surface area contributed by atoms with Gasteiger partial charge in [-0.3, -0.25) is 4.99 Å². The van der Waals surface area contributed by atoms with E-state index in [0.29, 0.717) is 6.04 Å². The van der Waals surface area contributed by atoms with E-state index in [9.17, 15) is 0 Å². The molecule has 0 amide bonds. The summed E-state index contributed by atoms with van der Waals surface area (Å²) in [6, 6.07) is 11.9. The van der Waals surface area contributed by atoms with Gasteiger partial charge in [0, 0.05) is 58.2 Å². The van der Waals surface area contributed by atoms with E-state index in [2.05, 4.69) is 49.7 Å². The highest BCUT2D eigenvalue weighted by Gasteiger charge is 2.31. The highest BCUT2D eigenvalue weighted by molar-refractivity contribution is 5.85. The van der Waals surface area contributed by atoms with Crippen molar-refractivity contribution in [2.24, 2.45) is 4.99 Å². The summed E-state index contributed by atoms with van der Waals surface area (Å²) in [6.45, 7) is 3.14. The lowest BCUT2D eigenvalue weighted by Gasteiger charge is -2.33. The minimum absolute atomic E-state index is 0.507. The van der Waals surface area contributed by atoms with Crippen LogP contribution in [0.5, 0.6) is 0 Å². The Kier molecular flexibility index (Phi) is 5.67. The van der Waals surface area contributed by atoms with Crippen molar-refractivity contribution in [2.45, 2.75) is 44.3 Å². The fourth-order valence-electron chi connectivity index (χ4n) is 4.02. The molecule has 28 heavy (non-hydrogen) atoms. The summed E-state index contributed by atoms with van der Waals surface area (Å²) in [6.07, 6.45) is 5.19. The van der Waals surface area contributed by atoms with Crippen LogP contribution in [0.1, 0.15) is 31.2 Å². The molecule has 1 aromatic carbocycles. The third-order valence-electron chi connectivity index (χ3n) is 5.85. The van der Waals surface area contributed by atoms with Crippen LogP contribution in [0.3, 0.4) is 0 Å². The Bertz CT molecular complexity index is 834. The van der Waals surface area contributed by atoms with Gasteiger partial charge in [-0.05, 0) is 43.4 Å². The molecule has 1 saturated carbocycles. The van der Waals surface area contributed by atoms with Gasteiger partial charge in [0.25, 0.3) is 0 Å². The molecular formula is C22H32N6. The zero-order valence-electron chi connectivity index (χ0n) is 17.3. The molecule has 4 rings (SSSR count). The van der Waals surface area contributed by atoms with Crippen molar-refractivity contribution in [1.29, 1.82) is 0 Å². The van der Waals surface area contributed by atoms with Crippen molar-refractivity contribution in [3.63, 3.8) is 0 Å². The molecule has 150 valence electrons. The predicted molar refractivity (Wildman–Crippen MR) is 117 cm³/mol. The number of anilines is 1. The molecule has 1 aliphatic heterocycles. The lowest BCUT2D eigenvalue weighted by Crippen LogP contribution is -2.48. The van der Waals surface area contributed by atoms with Crippen molar-refractivity contribution in [1.82, 2.24) is 20.5 Å². The fourth-order valence-corrected chi connectivity index (χ4v) is 4.02. The molecule has 6 nitrogen and oxygen atoms in total. The minimum Gasteiger partial charge on any atom is -0.363 e. The maximum atomic E-state index is 4.75. The Labute approximate surface area is 168 Å². The van der Waals surface area contributed by atoms with Crippen molar-refractivity contribution in [2.75, 3.05) is 39.1 Å². The van der Waals surface area contributed by atoms with Gasteiger partial charge in [0.15, 0.2) is 5.96 Å². The third-order valence-corrected chi connectivity index (χ3v) is 5.85. The highest BCUT2D eigenvalue weighted by Crippen LogP contribution is 2.29. The summed E-state index contributed by atoms with van der Waals surface area (Å²) in [5.74, 6) is 1.86. The Balaban J connectivity index is 1.40. The lowest BCUT2D eigenvalue weighted by atomic mass is 10.1. The number of likely N-dealkylation sites (tertiary alicyclic amines) is 1. The monoisotopic (exact) mass is 380 g/mol. The van der Waals surface area contributed by atoms with E-state index < -0.39 is 0 Å². The van der Waals surface area contributed by atoms with Gasteiger partial charge in [0.05, 0.1) is 5.52 Å². The molecule has 1 aliphatic carbocycles. The highest BCUT2D eigenvalue weighted by atomic mass is 15.2. The zero-order valence-corrected chi connectivity index (χ0v) is 17.3. The summed E-state index contributed by atoms with van der Waals surface area (Å²) < 4.78 is 0. The van der Waals surface area contributed by atoms with Gasteiger partial charge in [-0.2, -0.15) is 0 Å². The average molecular weight is 381 g/mol. The first-order valence-corrected chi connectivity index (χ1v) is 10.4. The SMILES string of the molecule is CN=C(NCc1cc(N(C)C)nc2ccccc12)NC1CCN(C2CC2)CC1. The van der Waals surface area contributed by atoms with Crippen LogP contribution in [0, 0.1) is 0 Å². The summed E-state index contributed by atoms with van der Waals surface area (Å²) in [7, 11) is 5.91. The number of piperidine rings is 1. The van der Waals surface area contributed by atoms with Gasteiger partial charge < -0.3 is 20.4 Å². The number of rotatable bonds is 5. The second kappa shape index (κ2) is 8.35. The van der Waals surface area contributed by atoms with E-state index in [1.165, 1.54) is 49.7 Å². The number of aromatic nitrogens is 1. The maximum Gasteiger partial charge on any atom is 0.191 e. The lowest BCUT2D eigenvalue weighted by molar-refractivity contribution is 0.197.